The fourth-order valence-corrected chi connectivity index (χ4v) is 3.62. The Morgan fingerprint density at radius 3 is 3.05 bits per heavy atom. The molecule has 3 rings (SSSR count). The van der Waals surface area contributed by atoms with Gasteiger partial charge in [0.25, 0.3) is 5.91 Å². The van der Waals surface area contributed by atoms with Gasteiger partial charge in [0.1, 0.15) is 0 Å². The summed E-state index contributed by atoms with van der Waals surface area (Å²) in [6.07, 6.45) is 1.58. The second-order valence-corrected chi connectivity index (χ2v) is 6.41. The van der Waals surface area contributed by atoms with Crippen LogP contribution >= 0.6 is 11.3 Å². The maximum Gasteiger partial charge on any atom is 0.282 e. The monoisotopic (exact) mass is 290 g/mol. The molecule has 5 heteroatoms. The second kappa shape index (κ2) is 5.50. The Bertz CT molecular complexity index is 590. The lowest BCUT2D eigenvalue weighted by atomic mass is 9.93. The summed E-state index contributed by atoms with van der Waals surface area (Å²) in [6.45, 7) is 3.20. The number of rotatable bonds is 2. The van der Waals surface area contributed by atoms with Gasteiger partial charge < -0.3 is 10.0 Å². The molecule has 1 aromatic heterocycles. The highest BCUT2D eigenvalue weighted by atomic mass is 32.1. The largest absolute Gasteiger partial charge is 0.393 e. The zero-order chi connectivity index (χ0) is 14.1. The standard InChI is InChI=1S/C15H18N2O2S/c1-10(18)11-5-4-8-17(9-11)15(19)14-16-12-6-2-3-7-13(12)20-14/h2-3,6-7,10-11,18H,4-5,8-9H2,1H3. The lowest BCUT2D eigenvalue weighted by Crippen LogP contribution is -2.42. The number of carbonyl (C=O) groups excluding carboxylic acids is 1. The number of para-hydroxylation sites is 1. The van der Waals surface area contributed by atoms with Crippen LogP contribution in [0.1, 0.15) is 29.6 Å². The molecule has 2 heterocycles. The molecule has 1 fully saturated rings. The first-order valence-electron chi connectivity index (χ1n) is 6.98. The van der Waals surface area contributed by atoms with Crippen molar-refractivity contribution in [3.05, 3.63) is 29.3 Å². The Kier molecular flexibility index (Phi) is 3.72. The number of aliphatic hydroxyl groups is 1. The third kappa shape index (κ3) is 2.55. The van der Waals surface area contributed by atoms with Crippen molar-refractivity contribution in [2.45, 2.75) is 25.9 Å². The van der Waals surface area contributed by atoms with E-state index >= 15 is 0 Å². The number of benzene rings is 1. The van der Waals surface area contributed by atoms with E-state index in [-0.39, 0.29) is 17.9 Å². The number of aliphatic hydroxyl groups excluding tert-OH is 1. The van der Waals surface area contributed by atoms with Crippen LogP contribution in [0.5, 0.6) is 0 Å². The van der Waals surface area contributed by atoms with E-state index in [1.165, 1.54) is 11.3 Å². The van der Waals surface area contributed by atoms with Gasteiger partial charge in [-0.2, -0.15) is 0 Å². The van der Waals surface area contributed by atoms with Crippen LogP contribution in [0.3, 0.4) is 0 Å². The van der Waals surface area contributed by atoms with Crippen molar-refractivity contribution in [1.82, 2.24) is 9.88 Å². The Hall–Kier alpha value is -1.46. The summed E-state index contributed by atoms with van der Waals surface area (Å²) in [5.41, 5.74) is 0.880. The Labute approximate surface area is 122 Å². The minimum absolute atomic E-state index is 0.00319. The molecule has 0 spiro atoms. The lowest BCUT2D eigenvalue weighted by Gasteiger charge is -2.33. The molecule has 1 aliphatic rings. The van der Waals surface area contributed by atoms with Gasteiger partial charge in [-0.15, -0.1) is 11.3 Å². The van der Waals surface area contributed by atoms with Crippen molar-refractivity contribution >= 4 is 27.5 Å². The van der Waals surface area contributed by atoms with Crippen LogP contribution in [0.2, 0.25) is 0 Å². The van der Waals surface area contributed by atoms with E-state index in [0.29, 0.717) is 11.6 Å². The SMILES string of the molecule is CC(O)C1CCCN(C(=O)c2nc3ccccc3s2)C1. The van der Waals surface area contributed by atoms with E-state index in [4.69, 9.17) is 0 Å². The molecule has 2 atom stereocenters. The van der Waals surface area contributed by atoms with Crippen LogP contribution in [0.4, 0.5) is 0 Å². The van der Waals surface area contributed by atoms with Gasteiger partial charge in [0.05, 0.1) is 16.3 Å². The molecule has 106 valence electrons. The number of carbonyl (C=O) groups is 1. The first-order valence-corrected chi connectivity index (χ1v) is 7.79. The molecular weight excluding hydrogens is 272 g/mol. The number of aromatic nitrogens is 1. The zero-order valence-electron chi connectivity index (χ0n) is 11.5. The second-order valence-electron chi connectivity index (χ2n) is 5.38. The summed E-state index contributed by atoms with van der Waals surface area (Å²) in [6, 6.07) is 7.80. The number of thiazole rings is 1. The molecule has 2 aromatic rings. The van der Waals surface area contributed by atoms with Crippen LogP contribution < -0.4 is 0 Å². The average molecular weight is 290 g/mol. The topological polar surface area (TPSA) is 53.4 Å². The third-order valence-corrected chi connectivity index (χ3v) is 4.93. The molecule has 2 unspecified atom stereocenters. The van der Waals surface area contributed by atoms with Crippen LogP contribution in [0.15, 0.2) is 24.3 Å². The highest BCUT2D eigenvalue weighted by Gasteiger charge is 2.28. The van der Waals surface area contributed by atoms with Crippen molar-refractivity contribution < 1.29 is 9.90 Å². The number of likely N-dealkylation sites (tertiary alicyclic amines) is 1. The summed E-state index contributed by atoms with van der Waals surface area (Å²) >= 11 is 1.44. The van der Waals surface area contributed by atoms with Gasteiger partial charge in [0.2, 0.25) is 0 Å². The Morgan fingerprint density at radius 1 is 1.50 bits per heavy atom. The van der Waals surface area contributed by atoms with E-state index in [1.54, 1.807) is 6.92 Å². The van der Waals surface area contributed by atoms with Gasteiger partial charge in [-0.3, -0.25) is 4.79 Å². The molecule has 1 amide bonds. The Morgan fingerprint density at radius 2 is 2.30 bits per heavy atom. The minimum atomic E-state index is -0.360. The summed E-state index contributed by atoms with van der Waals surface area (Å²) in [4.78, 5) is 18.8. The number of fused-ring (bicyclic) bond motifs is 1. The predicted molar refractivity (Wildman–Crippen MR) is 79.9 cm³/mol. The van der Waals surface area contributed by atoms with E-state index in [0.717, 1.165) is 29.6 Å². The van der Waals surface area contributed by atoms with Crippen molar-refractivity contribution in [2.75, 3.05) is 13.1 Å². The van der Waals surface area contributed by atoms with Gasteiger partial charge in [-0.05, 0) is 31.9 Å². The quantitative estimate of drug-likeness (QED) is 0.924. The normalized spacial score (nSPS) is 21.1. The number of piperidine rings is 1. The van der Waals surface area contributed by atoms with Crippen molar-refractivity contribution in [1.29, 1.82) is 0 Å². The molecule has 0 saturated carbocycles. The number of hydrogen-bond donors (Lipinski definition) is 1. The lowest BCUT2D eigenvalue weighted by molar-refractivity contribution is 0.0466. The van der Waals surface area contributed by atoms with Crippen LogP contribution in [-0.2, 0) is 0 Å². The first kappa shape index (κ1) is 13.5. The molecule has 1 saturated heterocycles. The molecule has 1 aromatic carbocycles. The van der Waals surface area contributed by atoms with Gasteiger partial charge in [0.15, 0.2) is 5.01 Å². The fourth-order valence-electron chi connectivity index (χ4n) is 2.69. The Balaban J connectivity index is 1.81. The highest BCUT2D eigenvalue weighted by Crippen LogP contribution is 2.25. The number of nitrogens with zero attached hydrogens (tertiary/aromatic N) is 2. The van der Waals surface area contributed by atoms with Crippen molar-refractivity contribution in [2.24, 2.45) is 5.92 Å². The van der Waals surface area contributed by atoms with Gasteiger partial charge in [-0.1, -0.05) is 12.1 Å². The molecule has 0 radical (unpaired) electrons. The predicted octanol–water partition coefficient (Wildman–Crippen LogP) is 2.53. The maximum atomic E-state index is 12.5. The highest BCUT2D eigenvalue weighted by molar-refractivity contribution is 7.20. The third-order valence-electron chi connectivity index (χ3n) is 3.90. The first-order chi connectivity index (χ1) is 9.65. The van der Waals surface area contributed by atoms with E-state index in [2.05, 4.69) is 4.98 Å². The van der Waals surface area contributed by atoms with Crippen molar-refractivity contribution in [3.63, 3.8) is 0 Å². The van der Waals surface area contributed by atoms with E-state index in [1.807, 2.05) is 29.2 Å². The fraction of sp³-hybridized carbons (Fsp3) is 0.467. The molecule has 4 nitrogen and oxygen atoms in total. The van der Waals surface area contributed by atoms with Crippen molar-refractivity contribution in [3.8, 4) is 0 Å². The maximum absolute atomic E-state index is 12.5. The smallest absolute Gasteiger partial charge is 0.282 e. The average Bonchev–Trinajstić information content (AvgIpc) is 2.90. The molecule has 20 heavy (non-hydrogen) atoms. The summed E-state index contributed by atoms with van der Waals surface area (Å²) < 4.78 is 1.04. The minimum Gasteiger partial charge on any atom is -0.393 e. The molecular formula is C15H18N2O2S. The molecule has 1 N–H and O–H groups in total. The molecule has 1 aliphatic heterocycles. The zero-order valence-corrected chi connectivity index (χ0v) is 12.3. The number of hydrogen-bond acceptors (Lipinski definition) is 4. The van der Waals surface area contributed by atoms with Gasteiger partial charge in [0, 0.05) is 19.0 Å². The van der Waals surface area contributed by atoms with E-state index in [9.17, 15) is 9.90 Å². The van der Waals surface area contributed by atoms with Crippen LogP contribution in [0.25, 0.3) is 10.2 Å². The molecule has 0 aliphatic carbocycles. The molecule has 0 bridgehead atoms. The van der Waals surface area contributed by atoms with Gasteiger partial charge in [-0.25, -0.2) is 4.98 Å². The summed E-state index contributed by atoms with van der Waals surface area (Å²) in [5, 5.41) is 10.3. The van der Waals surface area contributed by atoms with E-state index < -0.39 is 0 Å². The van der Waals surface area contributed by atoms with Crippen LogP contribution in [-0.4, -0.2) is 40.1 Å². The van der Waals surface area contributed by atoms with Gasteiger partial charge >= 0.3 is 0 Å². The summed E-state index contributed by atoms with van der Waals surface area (Å²) in [7, 11) is 0. The summed E-state index contributed by atoms with van der Waals surface area (Å²) in [5.74, 6) is 0.179. The van der Waals surface area contributed by atoms with Crippen LogP contribution in [0, 0.1) is 5.92 Å². The number of amides is 1.